The van der Waals surface area contributed by atoms with Crippen LogP contribution in [-0.4, -0.2) is 34.6 Å². The zero-order chi connectivity index (χ0) is 13.9. The number of aromatic nitrogens is 2. The average Bonchev–Trinajstić information content (AvgIpc) is 2.98. The molecule has 1 aliphatic rings. The first-order valence-corrected chi connectivity index (χ1v) is 6.86. The fraction of sp³-hybridized carbons (Fsp3) is 0.400. The van der Waals surface area contributed by atoms with Gasteiger partial charge in [-0.2, -0.15) is 0 Å². The average molecular weight is 271 g/mol. The van der Waals surface area contributed by atoms with Crippen molar-refractivity contribution >= 4 is 6.41 Å². The van der Waals surface area contributed by atoms with E-state index in [4.69, 9.17) is 4.42 Å². The number of hydrogen-bond donors (Lipinski definition) is 0. The molecule has 2 heterocycles. The van der Waals surface area contributed by atoms with Crippen molar-refractivity contribution in [3.05, 3.63) is 35.7 Å². The van der Waals surface area contributed by atoms with Crippen molar-refractivity contribution in [2.75, 3.05) is 13.1 Å². The summed E-state index contributed by atoms with van der Waals surface area (Å²) in [4.78, 5) is 12.6. The molecule has 1 fully saturated rings. The number of piperidine rings is 1. The highest BCUT2D eigenvalue weighted by Gasteiger charge is 2.25. The normalized spacial score (nSPS) is 19.1. The molecule has 1 unspecified atom stereocenters. The summed E-state index contributed by atoms with van der Waals surface area (Å²) in [6.07, 6.45) is 2.86. The van der Waals surface area contributed by atoms with E-state index in [0.717, 1.165) is 31.4 Å². The maximum absolute atomic E-state index is 10.9. The van der Waals surface area contributed by atoms with E-state index in [0.29, 0.717) is 18.3 Å². The van der Waals surface area contributed by atoms with Crippen LogP contribution >= 0.6 is 0 Å². The van der Waals surface area contributed by atoms with Crippen LogP contribution in [0.5, 0.6) is 0 Å². The molecule has 0 N–H and O–H groups in total. The van der Waals surface area contributed by atoms with Crippen LogP contribution in [0, 0.1) is 6.92 Å². The minimum absolute atomic E-state index is 0.153. The molecule has 0 saturated carbocycles. The molecule has 1 aliphatic heterocycles. The van der Waals surface area contributed by atoms with Crippen LogP contribution in [0.2, 0.25) is 0 Å². The summed E-state index contributed by atoms with van der Waals surface area (Å²) in [5.41, 5.74) is 2.12. The van der Waals surface area contributed by atoms with Crippen LogP contribution in [0.3, 0.4) is 0 Å². The number of hydrogen-bond acceptors (Lipinski definition) is 4. The largest absolute Gasteiger partial charge is 0.420 e. The van der Waals surface area contributed by atoms with Gasteiger partial charge in [-0.1, -0.05) is 17.7 Å². The van der Waals surface area contributed by atoms with Gasteiger partial charge in [0.15, 0.2) is 0 Å². The predicted molar refractivity (Wildman–Crippen MR) is 74.1 cm³/mol. The number of aryl methyl sites for hydroxylation is 1. The van der Waals surface area contributed by atoms with Gasteiger partial charge in [-0.15, -0.1) is 10.2 Å². The molecule has 1 saturated heterocycles. The third-order valence-corrected chi connectivity index (χ3v) is 3.69. The minimum atomic E-state index is 0.153. The van der Waals surface area contributed by atoms with E-state index >= 15 is 0 Å². The standard InChI is InChI=1S/C15H17N3O2/c1-11-4-6-12(7-5-11)14-16-17-15(20-14)13-3-2-8-18(9-13)10-19/h4-7,10,13H,2-3,8-9H2,1H3. The lowest BCUT2D eigenvalue weighted by Crippen LogP contribution is -2.33. The van der Waals surface area contributed by atoms with Gasteiger partial charge in [0.2, 0.25) is 18.2 Å². The maximum Gasteiger partial charge on any atom is 0.247 e. The number of benzene rings is 1. The SMILES string of the molecule is Cc1ccc(-c2nnc(C3CCCN(C=O)C3)o2)cc1. The molecular weight excluding hydrogens is 254 g/mol. The van der Waals surface area contributed by atoms with Gasteiger partial charge in [0.1, 0.15) is 0 Å². The Morgan fingerprint density at radius 3 is 2.85 bits per heavy atom. The summed E-state index contributed by atoms with van der Waals surface area (Å²) in [5.74, 6) is 1.33. The highest BCUT2D eigenvalue weighted by atomic mass is 16.4. The molecule has 0 spiro atoms. The van der Waals surface area contributed by atoms with Gasteiger partial charge in [-0.25, -0.2) is 0 Å². The van der Waals surface area contributed by atoms with Gasteiger partial charge in [0, 0.05) is 18.7 Å². The van der Waals surface area contributed by atoms with Gasteiger partial charge in [-0.05, 0) is 31.9 Å². The molecule has 3 rings (SSSR count). The lowest BCUT2D eigenvalue weighted by Gasteiger charge is -2.27. The molecule has 0 radical (unpaired) electrons. The van der Waals surface area contributed by atoms with E-state index in [1.54, 1.807) is 4.90 Å². The third-order valence-electron chi connectivity index (χ3n) is 3.69. The Morgan fingerprint density at radius 1 is 1.30 bits per heavy atom. The van der Waals surface area contributed by atoms with Crippen LogP contribution < -0.4 is 0 Å². The maximum atomic E-state index is 10.9. The lowest BCUT2D eigenvalue weighted by molar-refractivity contribution is -0.119. The van der Waals surface area contributed by atoms with Crippen LogP contribution in [0.25, 0.3) is 11.5 Å². The molecule has 2 aromatic rings. The van der Waals surface area contributed by atoms with E-state index in [1.807, 2.05) is 31.2 Å². The highest BCUT2D eigenvalue weighted by Crippen LogP contribution is 2.27. The molecular formula is C15H17N3O2. The number of carbonyl (C=O) groups is 1. The van der Waals surface area contributed by atoms with Gasteiger partial charge in [0.05, 0.1) is 5.92 Å². The molecule has 20 heavy (non-hydrogen) atoms. The number of rotatable bonds is 3. The van der Waals surface area contributed by atoms with Crippen molar-refractivity contribution < 1.29 is 9.21 Å². The van der Waals surface area contributed by atoms with Crippen molar-refractivity contribution in [3.8, 4) is 11.5 Å². The van der Waals surface area contributed by atoms with Crippen LogP contribution in [0.1, 0.15) is 30.2 Å². The van der Waals surface area contributed by atoms with Crippen LogP contribution in [0.15, 0.2) is 28.7 Å². The third kappa shape index (κ3) is 2.57. The van der Waals surface area contributed by atoms with E-state index in [9.17, 15) is 4.79 Å². The zero-order valence-corrected chi connectivity index (χ0v) is 11.5. The molecule has 0 aliphatic carbocycles. The number of likely N-dealkylation sites (tertiary alicyclic amines) is 1. The first kappa shape index (κ1) is 12.8. The first-order valence-electron chi connectivity index (χ1n) is 6.86. The van der Waals surface area contributed by atoms with Gasteiger partial charge >= 0.3 is 0 Å². The smallest absolute Gasteiger partial charge is 0.247 e. The quantitative estimate of drug-likeness (QED) is 0.804. The topological polar surface area (TPSA) is 59.2 Å². The Bertz CT molecular complexity index is 591. The second kappa shape index (κ2) is 5.45. The number of amides is 1. The zero-order valence-electron chi connectivity index (χ0n) is 11.5. The van der Waals surface area contributed by atoms with Crippen molar-refractivity contribution in [2.45, 2.75) is 25.7 Å². The Labute approximate surface area is 117 Å². The monoisotopic (exact) mass is 271 g/mol. The van der Waals surface area contributed by atoms with Crippen LogP contribution in [-0.2, 0) is 4.79 Å². The summed E-state index contributed by atoms with van der Waals surface area (Å²) >= 11 is 0. The predicted octanol–water partition coefficient (Wildman–Crippen LogP) is 2.38. The summed E-state index contributed by atoms with van der Waals surface area (Å²) in [6, 6.07) is 8.00. The van der Waals surface area contributed by atoms with E-state index < -0.39 is 0 Å². The fourth-order valence-electron chi connectivity index (χ4n) is 2.52. The second-order valence-corrected chi connectivity index (χ2v) is 5.25. The van der Waals surface area contributed by atoms with E-state index in [-0.39, 0.29) is 5.92 Å². The Balaban J connectivity index is 1.79. The second-order valence-electron chi connectivity index (χ2n) is 5.25. The molecule has 1 aromatic carbocycles. The van der Waals surface area contributed by atoms with Crippen molar-refractivity contribution in [2.24, 2.45) is 0 Å². The summed E-state index contributed by atoms with van der Waals surface area (Å²) < 4.78 is 5.78. The first-order chi connectivity index (χ1) is 9.76. The Morgan fingerprint density at radius 2 is 2.10 bits per heavy atom. The Hall–Kier alpha value is -2.17. The summed E-state index contributed by atoms with van der Waals surface area (Å²) in [5, 5.41) is 8.27. The Kier molecular flexibility index (Phi) is 3.50. The number of carbonyl (C=O) groups excluding carboxylic acids is 1. The molecule has 104 valence electrons. The van der Waals surface area contributed by atoms with Crippen molar-refractivity contribution in [3.63, 3.8) is 0 Å². The summed E-state index contributed by atoms with van der Waals surface area (Å²) in [7, 11) is 0. The lowest BCUT2D eigenvalue weighted by atomic mass is 9.98. The van der Waals surface area contributed by atoms with Gasteiger partial charge < -0.3 is 9.32 Å². The molecule has 1 aromatic heterocycles. The van der Waals surface area contributed by atoms with Crippen molar-refractivity contribution in [1.29, 1.82) is 0 Å². The number of nitrogens with zero attached hydrogens (tertiary/aromatic N) is 3. The van der Waals surface area contributed by atoms with Crippen LogP contribution in [0.4, 0.5) is 0 Å². The van der Waals surface area contributed by atoms with E-state index in [2.05, 4.69) is 10.2 Å². The van der Waals surface area contributed by atoms with E-state index in [1.165, 1.54) is 5.56 Å². The summed E-state index contributed by atoms with van der Waals surface area (Å²) in [6.45, 7) is 3.52. The molecule has 1 amide bonds. The fourth-order valence-corrected chi connectivity index (χ4v) is 2.52. The molecule has 0 bridgehead atoms. The van der Waals surface area contributed by atoms with Gasteiger partial charge in [-0.3, -0.25) is 4.79 Å². The minimum Gasteiger partial charge on any atom is -0.420 e. The molecule has 5 nitrogen and oxygen atoms in total. The highest BCUT2D eigenvalue weighted by molar-refractivity contribution is 5.53. The van der Waals surface area contributed by atoms with Crippen molar-refractivity contribution in [1.82, 2.24) is 15.1 Å². The van der Waals surface area contributed by atoms with Gasteiger partial charge in [0.25, 0.3) is 0 Å². The molecule has 5 heteroatoms. The molecule has 1 atom stereocenters.